The van der Waals surface area contributed by atoms with Crippen molar-refractivity contribution in [2.24, 2.45) is 5.92 Å². The van der Waals surface area contributed by atoms with Crippen LogP contribution in [0.3, 0.4) is 0 Å². The lowest BCUT2D eigenvalue weighted by atomic mass is 10.0. The highest BCUT2D eigenvalue weighted by molar-refractivity contribution is 7.88. The maximum absolute atomic E-state index is 13.0. The Morgan fingerprint density at radius 3 is 2.95 bits per heavy atom. The van der Waals surface area contributed by atoms with E-state index >= 15 is 0 Å². The Labute approximate surface area is 113 Å². The lowest BCUT2D eigenvalue weighted by Gasteiger charge is -2.30. The minimum Gasteiger partial charge on any atom is -0.493 e. The van der Waals surface area contributed by atoms with Crippen molar-refractivity contribution in [1.29, 1.82) is 0 Å². The number of ether oxygens (including phenoxy) is 1. The molecule has 0 amide bonds. The summed E-state index contributed by atoms with van der Waals surface area (Å²) in [4.78, 5) is 0. The van der Waals surface area contributed by atoms with Crippen LogP contribution in [0, 0.1) is 11.7 Å². The van der Waals surface area contributed by atoms with Gasteiger partial charge in [0.2, 0.25) is 10.0 Å². The molecule has 0 bridgehead atoms. The second-order valence-electron chi connectivity index (χ2n) is 4.90. The van der Waals surface area contributed by atoms with Gasteiger partial charge in [-0.1, -0.05) is 6.07 Å². The van der Waals surface area contributed by atoms with Gasteiger partial charge in [0.1, 0.15) is 11.6 Å². The average molecular weight is 287 g/mol. The molecule has 0 aromatic heterocycles. The van der Waals surface area contributed by atoms with Crippen molar-refractivity contribution in [3.05, 3.63) is 30.1 Å². The van der Waals surface area contributed by atoms with Gasteiger partial charge >= 0.3 is 0 Å². The molecule has 106 valence electrons. The molecule has 1 aromatic rings. The van der Waals surface area contributed by atoms with Gasteiger partial charge in [-0.15, -0.1) is 0 Å². The van der Waals surface area contributed by atoms with E-state index in [4.69, 9.17) is 4.74 Å². The quantitative estimate of drug-likeness (QED) is 0.849. The van der Waals surface area contributed by atoms with Crippen LogP contribution in [0.1, 0.15) is 12.8 Å². The SMILES string of the molecule is CS(=O)(=O)N1CCCC(COc2cccc(F)c2)C1. The molecule has 1 aromatic carbocycles. The summed E-state index contributed by atoms with van der Waals surface area (Å²) in [6.45, 7) is 1.47. The number of halogens is 1. The Kier molecular flexibility index (Phi) is 4.42. The Morgan fingerprint density at radius 1 is 1.47 bits per heavy atom. The van der Waals surface area contributed by atoms with E-state index in [1.165, 1.54) is 22.7 Å². The first-order chi connectivity index (χ1) is 8.95. The lowest BCUT2D eigenvalue weighted by molar-refractivity contribution is 0.180. The largest absolute Gasteiger partial charge is 0.493 e. The fourth-order valence-electron chi connectivity index (χ4n) is 2.23. The van der Waals surface area contributed by atoms with E-state index < -0.39 is 10.0 Å². The van der Waals surface area contributed by atoms with Crippen molar-refractivity contribution in [3.8, 4) is 5.75 Å². The number of hydrogen-bond acceptors (Lipinski definition) is 3. The molecular formula is C13H18FNO3S. The predicted octanol–water partition coefficient (Wildman–Crippen LogP) is 1.88. The van der Waals surface area contributed by atoms with E-state index in [0.717, 1.165) is 12.8 Å². The van der Waals surface area contributed by atoms with Gasteiger partial charge in [0.25, 0.3) is 0 Å². The van der Waals surface area contributed by atoms with Crippen molar-refractivity contribution in [2.45, 2.75) is 12.8 Å². The molecule has 1 heterocycles. The Hall–Kier alpha value is -1.14. The van der Waals surface area contributed by atoms with Gasteiger partial charge in [0, 0.05) is 25.1 Å². The zero-order valence-corrected chi connectivity index (χ0v) is 11.7. The third kappa shape index (κ3) is 4.18. The molecule has 0 aliphatic carbocycles. The molecule has 2 rings (SSSR count). The smallest absolute Gasteiger partial charge is 0.211 e. The third-order valence-corrected chi connectivity index (χ3v) is 4.50. The Morgan fingerprint density at radius 2 is 2.26 bits per heavy atom. The Balaban J connectivity index is 1.89. The molecule has 0 N–H and O–H groups in total. The normalized spacial score (nSPS) is 21.3. The molecule has 0 radical (unpaired) electrons. The van der Waals surface area contributed by atoms with Crippen LogP contribution in [0.15, 0.2) is 24.3 Å². The summed E-state index contributed by atoms with van der Waals surface area (Å²) in [5.41, 5.74) is 0. The summed E-state index contributed by atoms with van der Waals surface area (Å²) in [6.07, 6.45) is 2.99. The molecule has 1 aliphatic heterocycles. The maximum Gasteiger partial charge on any atom is 0.211 e. The maximum atomic E-state index is 13.0. The topological polar surface area (TPSA) is 46.6 Å². The van der Waals surface area contributed by atoms with Gasteiger partial charge < -0.3 is 4.74 Å². The van der Waals surface area contributed by atoms with Crippen LogP contribution in [0.5, 0.6) is 5.75 Å². The summed E-state index contributed by atoms with van der Waals surface area (Å²) < 4.78 is 43.0. The highest BCUT2D eigenvalue weighted by Gasteiger charge is 2.26. The van der Waals surface area contributed by atoms with Crippen molar-refractivity contribution in [3.63, 3.8) is 0 Å². The Bertz CT molecular complexity index is 532. The van der Waals surface area contributed by atoms with Gasteiger partial charge in [0.15, 0.2) is 0 Å². The summed E-state index contributed by atoms with van der Waals surface area (Å²) in [7, 11) is -3.13. The zero-order chi connectivity index (χ0) is 13.9. The second kappa shape index (κ2) is 5.88. The predicted molar refractivity (Wildman–Crippen MR) is 71.0 cm³/mol. The molecule has 0 spiro atoms. The van der Waals surface area contributed by atoms with Gasteiger partial charge in [-0.2, -0.15) is 0 Å². The van der Waals surface area contributed by atoms with Gasteiger partial charge in [-0.25, -0.2) is 17.1 Å². The van der Waals surface area contributed by atoms with E-state index in [9.17, 15) is 12.8 Å². The van der Waals surface area contributed by atoms with Crippen LogP contribution in [-0.2, 0) is 10.0 Å². The minimum absolute atomic E-state index is 0.159. The average Bonchev–Trinajstić information content (AvgIpc) is 2.36. The molecule has 1 saturated heterocycles. The van der Waals surface area contributed by atoms with Crippen molar-refractivity contribution >= 4 is 10.0 Å². The number of hydrogen-bond donors (Lipinski definition) is 0. The zero-order valence-electron chi connectivity index (χ0n) is 10.9. The summed E-state index contributed by atoms with van der Waals surface area (Å²) in [5, 5.41) is 0. The summed E-state index contributed by atoms with van der Waals surface area (Å²) in [6, 6.07) is 5.98. The van der Waals surface area contributed by atoms with Crippen LogP contribution >= 0.6 is 0 Å². The molecule has 1 unspecified atom stereocenters. The van der Waals surface area contributed by atoms with Gasteiger partial charge in [-0.05, 0) is 25.0 Å². The standard InChI is InChI=1S/C13H18FNO3S/c1-19(16,17)15-7-3-4-11(9-15)10-18-13-6-2-5-12(14)8-13/h2,5-6,8,11H,3-4,7,9-10H2,1H3. The van der Waals surface area contributed by atoms with E-state index in [-0.39, 0.29) is 11.7 Å². The monoisotopic (exact) mass is 287 g/mol. The number of benzene rings is 1. The fraction of sp³-hybridized carbons (Fsp3) is 0.538. The van der Waals surface area contributed by atoms with Crippen LogP contribution in [0.4, 0.5) is 4.39 Å². The molecule has 1 fully saturated rings. The van der Waals surface area contributed by atoms with E-state index in [2.05, 4.69) is 0 Å². The molecular weight excluding hydrogens is 269 g/mol. The van der Waals surface area contributed by atoms with Crippen molar-refractivity contribution in [2.75, 3.05) is 26.0 Å². The van der Waals surface area contributed by atoms with Crippen LogP contribution in [-0.4, -0.2) is 38.7 Å². The number of rotatable bonds is 4. The number of nitrogens with zero attached hydrogens (tertiary/aromatic N) is 1. The first-order valence-corrected chi connectivity index (χ1v) is 8.13. The molecule has 1 atom stereocenters. The first kappa shape index (κ1) is 14.3. The minimum atomic E-state index is -3.13. The van der Waals surface area contributed by atoms with Crippen molar-refractivity contribution in [1.82, 2.24) is 4.31 Å². The lowest BCUT2D eigenvalue weighted by Crippen LogP contribution is -2.40. The number of piperidine rings is 1. The molecule has 4 nitrogen and oxygen atoms in total. The van der Waals surface area contributed by atoms with Crippen LogP contribution < -0.4 is 4.74 Å². The molecule has 0 saturated carbocycles. The molecule has 19 heavy (non-hydrogen) atoms. The van der Waals surface area contributed by atoms with E-state index in [1.54, 1.807) is 12.1 Å². The van der Waals surface area contributed by atoms with E-state index in [0.29, 0.717) is 25.4 Å². The molecule has 6 heteroatoms. The van der Waals surface area contributed by atoms with Crippen molar-refractivity contribution < 1.29 is 17.5 Å². The highest BCUT2D eigenvalue weighted by Crippen LogP contribution is 2.20. The van der Waals surface area contributed by atoms with Crippen LogP contribution in [0.25, 0.3) is 0 Å². The summed E-state index contributed by atoms with van der Waals surface area (Å²) >= 11 is 0. The van der Waals surface area contributed by atoms with Gasteiger partial charge in [0.05, 0.1) is 12.9 Å². The fourth-order valence-corrected chi connectivity index (χ4v) is 3.18. The second-order valence-corrected chi connectivity index (χ2v) is 6.88. The van der Waals surface area contributed by atoms with Crippen LogP contribution in [0.2, 0.25) is 0 Å². The highest BCUT2D eigenvalue weighted by atomic mass is 32.2. The third-order valence-electron chi connectivity index (χ3n) is 3.23. The van der Waals surface area contributed by atoms with Gasteiger partial charge in [-0.3, -0.25) is 0 Å². The van der Waals surface area contributed by atoms with E-state index in [1.807, 2.05) is 0 Å². The molecule has 1 aliphatic rings. The first-order valence-electron chi connectivity index (χ1n) is 6.28. The summed E-state index contributed by atoms with van der Waals surface area (Å²) in [5.74, 6) is 0.308. The number of sulfonamides is 1.